The van der Waals surface area contributed by atoms with Gasteiger partial charge in [-0.15, -0.1) is 0 Å². The van der Waals surface area contributed by atoms with E-state index in [9.17, 15) is 19.6 Å². The quantitative estimate of drug-likeness (QED) is 0.684. The van der Waals surface area contributed by atoms with Crippen molar-refractivity contribution in [2.45, 2.75) is 13.0 Å². The molecule has 2 aromatic rings. The zero-order valence-corrected chi connectivity index (χ0v) is 10.6. The molecule has 2 rings (SSSR count). The monoisotopic (exact) mass is 277 g/mol. The highest BCUT2D eigenvalue weighted by Crippen LogP contribution is 2.34. The largest absolute Gasteiger partial charge is 0.447 e. The fraction of sp³-hybridized carbons (Fsp3) is 0.143. The second-order valence-corrected chi connectivity index (χ2v) is 4.19. The number of halogens is 1. The first-order valence-electron chi connectivity index (χ1n) is 5.88. The van der Waals surface area contributed by atoms with E-state index < -0.39 is 16.8 Å². The summed E-state index contributed by atoms with van der Waals surface area (Å²) in [7, 11) is 0. The maximum atomic E-state index is 13.5. The van der Waals surface area contributed by atoms with Gasteiger partial charge in [0.05, 0.1) is 11.0 Å². The van der Waals surface area contributed by atoms with Gasteiger partial charge in [0, 0.05) is 6.07 Å². The molecule has 0 bridgehead atoms. The van der Waals surface area contributed by atoms with E-state index in [2.05, 4.69) is 0 Å². The van der Waals surface area contributed by atoms with Crippen LogP contribution in [0.25, 0.3) is 0 Å². The van der Waals surface area contributed by atoms with Gasteiger partial charge in [-0.2, -0.15) is 0 Å². The molecule has 0 heterocycles. The number of nitro benzene ring substituents is 1. The zero-order chi connectivity index (χ0) is 14.7. The Balaban J connectivity index is 2.41. The lowest BCUT2D eigenvalue weighted by atomic mass is 10.1. The van der Waals surface area contributed by atoms with E-state index >= 15 is 0 Å². The summed E-state index contributed by atoms with van der Waals surface area (Å²) in [5, 5.41) is 20.5. The lowest BCUT2D eigenvalue weighted by Crippen LogP contribution is -1.98. The molecule has 0 spiro atoms. The van der Waals surface area contributed by atoms with Crippen LogP contribution in [0.15, 0.2) is 42.5 Å². The highest BCUT2D eigenvalue weighted by atomic mass is 19.1. The topological polar surface area (TPSA) is 72.6 Å². The Morgan fingerprint density at radius 2 is 1.95 bits per heavy atom. The number of hydrogen-bond acceptors (Lipinski definition) is 4. The van der Waals surface area contributed by atoms with E-state index in [1.54, 1.807) is 6.07 Å². The SMILES string of the molecule is C[C@H](O)c1ccc(Oc2ccccc2F)c([N+](=O)[O-])c1. The summed E-state index contributed by atoms with van der Waals surface area (Å²) >= 11 is 0. The summed E-state index contributed by atoms with van der Waals surface area (Å²) in [5.74, 6) is -0.786. The predicted octanol–water partition coefficient (Wildman–Crippen LogP) is 3.58. The van der Waals surface area contributed by atoms with Crippen LogP contribution in [0, 0.1) is 15.9 Å². The van der Waals surface area contributed by atoms with Crippen LogP contribution in [0.3, 0.4) is 0 Å². The Morgan fingerprint density at radius 1 is 1.25 bits per heavy atom. The standard InChI is InChI=1S/C14H12FNO4/c1-9(17)10-6-7-14(12(8-10)16(18)19)20-13-5-3-2-4-11(13)15/h2-9,17H,1H3/t9-/m0/s1. The minimum atomic E-state index is -0.837. The van der Waals surface area contributed by atoms with E-state index in [1.807, 2.05) is 0 Å². The van der Waals surface area contributed by atoms with Crippen LogP contribution >= 0.6 is 0 Å². The van der Waals surface area contributed by atoms with Gasteiger partial charge in [0.15, 0.2) is 11.6 Å². The molecule has 20 heavy (non-hydrogen) atoms. The van der Waals surface area contributed by atoms with Crippen molar-refractivity contribution in [2.75, 3.05) is 0 Å². The van der Waals surface area contributed by atoms with Crippen molar-refractivity contribution in [3.8, 4) is 11.5 Å². The van der Waals surface area contributed by atoms with E-state index in [4.69, 9.17) is 4.74 Å². The Hall–Kier alpha value is -2.47. The third-order valence-corrected chi connectivity index (χ3v) is 2.72. The number of nitro groups is 1. The summed E-state index contributed by atoms with van der Waals surface area (Å²) in [6.07, 6.45) is -0.837. The van der Waals surface area contributed by atoms with Gasteiger partial charge in [0.25, 0.3) is 0 Å². The molecule has 0 fully saturated rings. The summed E-state index contributed by atoms with van der Waals surface area (Å²) in [6, 6.07) is 9.68. The Labute approximate surface area is 114 Å². The van der Waals surface area contributed by atoms with E-state index in [0.29, 0.717) is 5.56 Å². The smallest absolute Gasteiger partial charge is 0.311 e. The van der Waals surface area contributed by atoms with Crippen molar-refractivity contribution in [1.29, 1.82) is 0 Å². The van der Waals surface area contributed by atoms with Crippen molar-refractivity contribution < 1.29 is 19.2 Å². The normalized spacial score (nSPS) is 11.9. The fourth-order valence-corrected chi connectivity index (χ4v) is 1.67. The average molecular weight is 277 g/mol. The van der Waals surface area contributed by atoms with Crippen LogP contribution in [0.1, 0.15) is 18.6 Å². The highest BCUT2D eigenvalue weighted by molar-refractivity contribution is 5.51. The molecule has 0 aliphatic heterocycles. The van der Waals surface area contributed by atoms with E-state index in [0.717, 1.165) is 0 Å². The molecule has 1 atom stereocenters. The Bertz CT molecular complexity index is 643. The van der Waals surface area contributed by atoms with E-state index in [1.165, 1.54) is 43.3 Å². The molecular weight excluding hydrogens is 265 g/mol. The molecule has 1 N–H and O–H groups in total. The van der Waals surface area contributed by atoms with Crippen LogP contribution in [0.4, 0.5) is 10.1 Å². The minimum Gasteiger partial charge on any atom is -0.447 e. The van der Waals surface area contributed by atoms with Gasteiger partial charge in [0.2, 0.25) is 5.75 Å². The number of ether oxygens (including phenoxy) is 1. The summed E-state index contributed by atoms with van der Waals surface area (Å²) in [5.41, 5.74) is 0.0595. The van der Waals surface area contributed by atoms with Gasteiger partial charge >= 0.3 is 5.69 Å². The third kappa shape index (κ3) is 2.92. The van der Waals surface area contributed by atoms with Gasteiger partial charge < -0.3 is 9.84 Å². The van der Waals surface area contributed by atoms with E-state index in [-0.39, 0.29) is 17.2 Å². The maximum absolute atomic E-state index is 13.5. The zero-order valence-electron chi connectivity index (χ0n) is 10.6. The number of benzene rings is 2. The molecule has 0 unspecified atom stereocenters. The first-order chi connectivity index (χ1) is 9.49. The Kier molecular flexibility index (Phi) is 3.95. The van der Waals surface area contributed by atoms with Crippen molar-refractivity contribution in [1.82, 2.24) is 0 Å². The molecule has 104 valence electrons. The molecular formula is C14H12FNO4. The van der Waals surface area contributed by atoms with Gasteiger partial charge in [-0.1, -0.05) is 18.2 Å². The molecule has 6 heteroatoms. The van der Waals surface area contributed by atoms with Gasteiger partial charge in [-0.3, -0.25) is 10.1 Å². The number of para-hydroxylation sites is 1. The molecule has 2 aromatic carbocycles. The molecule has 0 aromatic heterocycles. The number of aliphatic hydroxyl groups excluding tert-OH is 1. The second-order valence-electron chi connectivity index (χ2n) is 4.19. The molecule has 0 amide bonds. The first kappa shape index (κ1) is 14.0. The summed E-state index contributed by atoms with van der Waals surface area (Å²) < 4.78 is 18.7. The molecule has 0 radical (unpaired) electrons. The number of hydrogen-bond donors (Lipinski definition) is 1. The number of aliphatic hydroxyl groups is 1. The van der Waals surface area contributed by atoms with Crippen LogP contribution in [-0.4, -0.2) is 10.0 Å². The van der Waals surface area contributed by atoms with Gasteiger partial charge in [0.1, 0.15) is 0 Å². The van der Waals surface area contributed by atoms with Gasteiger partial charge in [-0.05, 0) is 30.7 Å². The van der Waals surface area contributed by atoms with Crippen molar-refractivity contribution >= 4 is 5.69 Å². The molecule has 0 saturated heterocycles. The highest BCUT2D eigenvalue weighted by Gasteiger charge is 2.19. The summed E-state index contributed by atoms with van der Waals surface area (Å²) in [6.45, 7) is 1.50. The summed E-state index contributed by atoms with van der Waals surface area (Å²) in [4.78, 5) is 10.4. The van der Waals surface area contributed by atoms with Crippen molar-refractivity contribution in [3.05, 3.63) is 64.0 Å². The minimum absolute atomic E-state index is 0.0792. The van der Waals surface area contributed by atoms with Gasteiger partial charge in [-0.25, -0.2) is 4.39 Å². The van der Waals surface area contributed by atoms with Crippen molar-refractivity contribution in [2.24, 2.45) is 0 Å². The van der Waals surface area contributed by atoms with Crippen molar-refractivity contribution in [3.63, 3.8) is 0 Å². The van der Waals surface area contributed by atoms with Crippen LogP contribution in [0.5, 0.6) is 11.5 Å². The molecule has 0 aliphatic rings. The number of nitrogens with zero attached hydrogens (tertiary/aromatic N) is 1. The maximum Gasteiger partial charge on any atom is 0.311 e. The predicted molar refractivity (Wildman–Crippen MR) is 70.2 cm³/mol. The fourth-order valence-electron chi connectivity index (χ4n) is 1.67. The Morgan fingerprint density at radius 3 is 2.55 bits per heavy atom. The van der Waals surface area contributed by atoms with Crippen LogP contribution in [0.2, 0.25) is 0 Å². The number of rotatable bonds is 4. The average Bonchev–Trinajstić information content (AvgIpc) is 2.41. The molecule has 5 nitrogen and oxygen atoms in total. The first-order valence-corrected chi connectivity index (χ1v) is 5.88. The van der Waals surface area contributed by atoms with Crippen LogP contribution < -0.4 is 4.74 Å². The lowest BCUT2D eigenvalue weighted by molar-refractivity contribution is -0.385. The molecule has 0 saturated carbocycles. The second kappa shape index (κ2) is 5.66. The lowest BCUT2D eigenvalue weighted by Gasteiger charge is -2.09. The van der Waals surface area contributed by atoms with Crippen LogP contribution in [-0.2, 0) is 0 Å². The molecule has 0 aliphatic carbocycles. The third-order valence-electron chi connectivity index (χ3n) is 2.72.